The van der Waals surface area contributed by atoms with Crippen LogP contribution in [-0.2, 0) is 0 Å². The molecule has 2 fully saturated rings. The van der Waals surface area contributed by atoms with E-state index in [4.69, 9.17) is 0 Å². The van der Waals surface area contributed by atoms with Crippen molar-refractivity contribution in [2.24, 2.45) is 0 Å². The van der Waals surface area contributed by atoms with Crippen molar-refractivity contribution in [3.05, 3.63) is 24.3 Å². The number of hydrogen-bond donors (Lipinski definition) is 1. The summed E-state index contributed by atoms with van der Waals surface area (Å²) in [5.74, 6) is 0.319. The normalized spacial score (nSPS) is 22.6. The maximum Gasteiger partial charge on any atom is 0.317 e. The summed E-state index contributed by atoms with van der Waals surface area (Å²) in [5, 5.41) is 3.15. The molecule has 1 N–H and O–H groups in total. The van der Waals surface area contributed by atoms with Crippen molar-refractivity contribution in [3.63, 3.8) is 0 Å². The predicted molar refractivity (Wildman–Crippen MR) is 93.9 cm³/mol. The van der Waals surface area contributed by atoms with Crippen LogP contribution in [0.2, 0.25) is 0 Å². The number of likely N-dealkylation sites (tertiary alicyclic amines) is 2. The number of nitrogens with one attached hydrogen (secondary N) is 1. The van der Waals surface area contributed by atoms with Crippen molar-refractivity contribution >= 4 is 6.03 Å². The fourth-order valence-electron chi connectivity index (χ4n) is 3.78. The molecule has 2 saturated heterocycles. The molecule has 2 amide bonds. The van der Waals surface area contributed by atoms with Gasteiger partial charge >= 0.3 is 6.03 Å². The molecular weight excluding hydrogens is 302 g/mol. The zero-order chi connectivity index (χ0) is 17.0. The SMILES string of the molecule is CC(C)(CNC(=O)N1CCCC(c2ccncn2)C1)N1CCCC1. The Morgan fingerprint density at radius 3 is 2.79 bits per heavy atom. The first-order valence-corrected chi connectivity index (χ1v) is 9.10. The van der Waals surface area contributed by atoms with Crippen molar-refractivity contribution in [2.45, 2.75) is 51.0 Å². The Bertz CT molecular complexity index is 542. The number of hydrogen-bond acceptors (Lipinski definition) is 4. The Morgan fingerprint density at radius 1 is 1.29 bits per heavy atom. The molecule has 2 aliphatic rings. The summed E-state index contributed by atoms with van der Waals surface area (Å²) in [7, 11) is 0. The van der Waals surface area contributed by atoms with Crippen LogP contribution in [0.4, 0.5) is 4.79 Å². The van der Waals surface area contributed by atoms with Crippen molar-refractivity contribution < 1.29 is 4.79 Å². The van der Waals surface area contributed by atoms with E-state index in [1.807, 2.05) is 11.0 Å². The molecule has 0 bridgehead atoms. The molecule has 3 heterocycles. The molecule has 1 aromatic heterocycles. The van der Waals surface area contributed by atoms with Crippen molar-refractivity contribution in [3.8, 4) is 0 Å². The number of carbonyl (C=O) groups excluding carboxylic acids is 1. The van der Waals surface area contributed by atoms with Crippen LogP contribution in [0.1, 0.15) is 51.1 Å². The summed E-state index contributed by atoms with van der Waals surface area (Å²) >= 11 is 0. The van der Waals surface area contributed by atoms with Crippen LogP contribution in [0.3, 0.4) is 0 Å². The molecule has 3 rings (SSSR count). The Morgan fingerprint density at radius 2 is 2.08 bits per heavy atom. The first-order valence-electron chi connectivity index (χ1n) is 9.10. The summed E-state index contributed by atoms with van der Waals surface area (Å²) in [6.07, 6.45) is 8.01. The maximum atomic E-state index is 12.6. The van der Waals surface area contributed by atoms with E-state index in [1.54, 1.807) is 12.5 Å². The Kier molecular flexibility index (Phi) is 5.33. The Labute approximate surface area is 144 Å². The lowest BCUT2D eigenvalue weighted by Crippen LogP contribution is -2.53. The van der Waals surface area contributed by atoms with E-state index in [0.717, 1.165) is 44.7 Å². The van der Waals surface area contributed by atoms with E-state index in [9.17, 15) is 4.79 Å². The minimum atomic E-state index is 0.0218. The molecule has 1 aromatic rings. The Balaban J connectivity index is 1.53. The smallest absolute Gasteiger partial charge is 0.317 e. The minimum Gasteiger partial charge on any atom is -0.336 e. The molecule has 0 aliphatic carbocycles. The molecule has 0 spiro atoms. The zero-order valence-electron chi connectivity index (χ0n) is 14.9. The van der Waals surface area contributed by atoms with Gasteiger partial charge in [0.15, 0.2) is 0 Å². The molecule has 24 heavy (non-hydrogen) atoms. The topological polar surface area (TPSA) is 61.4 Å². The fourth-order valence-corrected chi connectivity index (χ4v) is 3.78. The zero-order valence-corrected chi connectivity index (χ0v) is 14.9. The van der Waals surface area contributed by atoms with Gasteiger partial charge in [0.25, 0.3) is 0 Å². The second-order valence-corrected chi connectivity index (χ2v) is 7.58. The predicted octanol–water partition coefficient (Wildman–Crippen LogP) is 2.24. The molecule has 1 unspecified atom stereocenters. The number of carbonyl (C=O) groups is 1. The average Bonchev–Trinajstić information content (AvgIpc) is 3.16. The van der Waals surface area contributed by atoms with Crippen LogP contribution in [0, 0.1) is 0 Å². The summed E-state index contributed by atoms with van der Waals surface area (Å²) < 4.78 is 0. The van der Waals surface area contributed by atoms with Crippen LogP contribution in [0.15, 0.2) is 18.6 Å². The summed E-state index contributed by atoms with van der Waals surface area (Å²) in [6, 6.07) is 2.02. The molecule has 2 aliphatic heterocycles. The highest BCUT2D eigenvalue weighted by molar-refractivity contribution is 5.74. The molecule has 0 saturated carbocycles. The molecule has 6 nitrogen and oxygen atoms in total. The fraction of sp³-hybridized carbons (Fsp3) is 0.722. The molecule has 0 radical (unpaired) electrons. The van der Waals surface area contributed by atoms with Gasteiger partial charge < -0.3 is 10.2 Å². The van der Waals surface area contributed by atoms with Crippen molar-refractivity contribution in [1.82, 2.24) is 25.1 Å². The van der Waals surface area contributed by atoms with Gasteiger partial charge in [-0.05, 0) is 58.7 Å². The number of aromatic nitrogens is 2. The van der Waals surface area contributed by atoms with Gasteiger partial charge in [-0.3, -0.25) is 4.90 Å². The average molecular weight is 331 g/mol. The number of urea groups is 1. The van der Waals surface area contributed by atoms with Crippen LogP contribution >= 0.6 is 0 Å². The van der Waals surface area contributed by atoms with Crippen molar-refractivity contribution in [1.29, 1.82) is 0 Å². The Hall–Kier alpha value is -1.69. The van der Waals surface area contributed by atoms with Gasteiger partial charge in [-0.2, -0.15) is 0 Å². The molecular formula is C18H29N5O. The van der Waals surface area contributed by atoms with Gasteiger partial charge in [-0.15, -0.1) is 0 Å². The van der Waals surface area contributed by atoms with Gasteiger partial charge in [0, 0.05) is 43.0 Å². The summed E-state index contributed by atoms with van der Waals surface area (Å²) in [4.78, 5) is 25.4. The van der Waals surface area contributed by atoms with E-state index in [0.29, 0.717) is 12.5 Å². The first-order chi connectivity index (χ1) is 11.6. The number of nitrogens with zero attached hydrogens (tertiary/aromatic N) is 4. The number of piperidine rings is 1. The third kappa shape index (κ3) is 4.04. The lowest BCUT2D eigenvalue weighted by atomic mass is 9.95. The molecule has 132 valence electrons. The highest BCUT2D eigenvalue weighted by Crippen LogP contribution is 2.25. The monoisotopic (exact) mass is 331 g/mol. The van der Waals surface area contributed by atoms with Gasteiger partial charge in [0.2, 0.25) is 0 Å². The second kappa shape index (κ2) is 7.47. The van der Waals surface area contributed by atoms with E-state index in [2.05, 4.69) is 34.0 Å². The third-order valence-electron chi connectivity index (χ3n) is 5.37. The quantitative estimate of drug-likeness (QED) is 0.919. The van der Waals surface area contributed by atoms with E-state index in [-0.39, 0.29) is 11.6 Å². The van der Waals surface area contributed by atoms with Gasteiger partial charge in [0.05, 0.1) is 0 Å². The van der Waals surface area contributed by atoms with Crippen LogP contribution < -0.4 is 5.32 Å². The molecule has 1 atom stereocenters. The van der Waals surface area contributed by atoms with Gasteiger partial charge in [-0.1, -0.05) is 0 Å². The standard InChI is InChI=1S/C18H29N5O/c1-18(2,23-10-3-4-11-23)13-20-17(24)22-9-5-6-15(12-22)16-7-8-19-14-21-16/h7-8,14-15H,3-6,9-13H2,1-2H3,(H,20,24). The van der Waals surface area contributed by atoms with Gasteiger partial charge in [0.1, 0.15) is 6.33 Å². The largest absolute Gasteiger partial charge is 0.336 e. The lowest BCUT2D eigenvalue weighted by Gasteiger charge is -2.37. The van der Waals surface area contributed by atoms with E-state index >= 15 is 0 Å². The minimum absolute atomic E-state index is 0.0218. The summed E-state index contributed by atoms with van der Waals surface area (Å²) in [5.41, 5.74) is 1.06. The van der Waals surface area contributed by atoms with Crippen LogP contribution in [-0.4, -0.2) is 64.1 Å². The highest BCUT2D eigenvalue weighted by atomic mass is 16.2. The lowest BCUT2D eigenvalue weighted by molar-refractivity contribution is 0.140. The highest BCUT2D eigenvalue weighted by Gasteiger charge is 2.31. The molecule has 6 heteroatoms. The van der Waals surface area contributed by atoms with Crippen LogP contribution in [0.25, 0.3) is 0 Å². The van der Waals surface area contributed by atoms with Gasteiger partial charge in [-0.25, -0.2) is 14.8 Å². The number of amides is 2. The number of rotatable bonds is 4. The first kappa shape index (κ1) is 17.1. The van der Waals surface area contributed by atoms with Crippen molar-refractivity contribution in [2.75, 3.05) is 32.7 Å². The van der Waals surface area contributed by atoms with E-state index in [1.165, 1.54) is 12.8 Å². The summed E-state index contributed by atoms with van der Waals surface area (Å²) in [6.45, 7) is 8.99. The maximum absolute atomic E-state index is 12.6. The second-order valence-electron chi connectivity index (χ2n) is 7.58. The van der Waals surface area contributed by atoms with E-state index < -0.39 is 0 Å². The molecule has 0 aromatic carbocycles. The van der Waals surface area contributed by atoms with Crippen LogP contribution in [0.5, 0.6) is 0 Å². The third-order valence-corrected chi connectivity index (χ3v) is 5.37.